The number of fused-ring (bicyclic) bond motifs is 1. The maximum absolute atomic E-state index is 13.1. The Morgan fingerprint density at radius 2 is 1.39 bits per heavy atom. The van der Waals surface area contributed by atoms with E-state index in [1.807, 2.05) is 66.7 Å². The standard InChI is InChI=1S/C37H38N6O3/c1-41-16-18-42(19-17-41)31-11-7-27(8-12-31)35(44)25-26-2-15-33-34(24-26)40-36(39-33)28-3-5-29(6-4-28)37(45)38-30-9-13-32(14-10-30)43-20-22-46-23-21-43/h2-15,24H,16-23,25H2,1H3,(H,38,45)(H,39,40). The van der Waals surface area contributed by atoms with Crippen LogP contribution in [0, 0.1) is 0 Å². The van der Waals surface area contributed by atoms with Gasteiger partial charge in [-0.2, -0.15) is 0 Å². The molecule has 0 radical (unpaired) electrons. The molecule has 0 aliphatic carbocycles. The van der Waals surface area contributed by atoms with Gasteiger partial charge in [0.25, 0.3) is 5.91 Å². The second-order valence-corrected chi connectivity index (χ2v) is 12.1. The van der Waals surface area contributed by atoms with Crippen molar-refractivity contribution in [2.75, 3.05) is 74.6 Å². The number of ketones is 1. The number of nitrogens with one attached hydrogen (secondary N) is 2. The fraction of sp³-hybridized carbons (Fsp3) is 0.270. The van der Waals surface area contributed by atoms with E-state index in [4.69, 9.17) is 9.72 Å². The first-order valence-electron chi connectivity index (χ1n) is 15.9. The van der Waals surface area contributed by atoms with E-state index >= 15 is 0 Å². The summed E-state index contributed by atoms with van der Waals surface area (Å²) in [5, 5.41) is 2.98. The molecule has 0 atom stereocenters. The molecular formula is C37H38N6O3. The largest absolute Gasteiger partial charge is 0.378 e. The predicted molar refractivity (Wildman–Crippen MR) is 183 cm³/mol. The molecule has 1 amide bonds. The van der Waals surface area contributed by atoms with Crippen LogP contribution in [0.4, 0.5) is 17.1 Å². The van der Waals surface area contributed by atoms with Crippen LogP contribution >= 0.6 is 0 Å². The maximum atomic E-state index is 13.1. The number of morpholine rings is 1. The van der Waals surface area contributed by atoms with E-state index in [0.717, 1.165) is 91.6 Å². The summed E-state index contributed by atoms with van der Waals surface area (Å²) < 4.78 is 5.43. The van der Waals surface area contributed by atoms with Crippen molar-refractivity contribution in [2.45, 2.75) is 6.42 Å². The molecule has 234 valence electrons. The van der Waals surface area contributed by atoms with Crippen molar-refractivity contribution in [1.82, 2.24) is 14.9 Å². The van der Waals surface area contributed by atoms with Gasteiger partial charge in [-0.25, -0.2) is 4.98 Å². The quantitative estimate of drug-likeness (QED) is 0.223. The number of benzene rings is 4. The van der Waals surface area contributed by atoms with Crippen LogP contribution in [0.1, 0.15) is 26.3 Å². The van der Waals surface area contributed by atoms with E-state index in [0.29, 0.717) is 17.8 Å². The average molecular weight is 615 g/mol. The Bertz CT molecular complexity index is 1820. The number of ether oxygens (including phenoxy) is 1. The first-order chi connectivity index (χ1) is 22.5. The highest BCUT2D eigenvalue weighted by Gasteiger charge is 2.16. The minimum Gasteiger partial charge on any atom is -0.378 e. The number of hydrogen-bond acceptors (Lipinski definition) is 7. The number of hydrogen-bond donors (Lipinski definition) is 2. The molecule has 2 N–H and O–H groups in total. The number of amides is 1. The van der Waals surface area contributed by atoms with Crippen molar-refractivity contribution in [1.29, 1.82) is 0 Å². The van der Waals surface area contributed by atoms with Gasteiger partial charge < -0.3 is 29.7 Å². The third kappa shape index (κ3) is 6.66. The highest BCUT2D eigenvalue weighted by Crippen LogP contribution is 2.24. The predicted octanol–water partition coefficient (Wildman–Crippen LogP) is 5.50. The van der Waals surface area contributed by atoms with Crippen molar-refractivity contribution in [3.8, 4) is 11.4 Å². The Morgan fingerprint density at radius 1 is 0.761 bits per heavy atom. The number of likely N-dealkylation sites (N-methyl/N-ethyl adjacent to an activating group) is 1. The number of anilines is 3. The average Bonchev–Trinajstić information content (AvgIpc) is 3.53. The van der Waals surface area contributed by atoms with Gasteiger partial charge in [0, 0.05) is 79.4 Å². The van der Waals surface area contributed by atoms with Crippen LogP contribution in [-0.2, 0) is 11.2 Å². The summed E-state index contributed by atoms with van der Waals surface area (Å²) in [4.78, 5) is 41.1. The first kappa shape index (κ1) is 29.7. The SMILES string of the molecule is CN1CCN(c2ccc(C(=O)Cc3ccc4nc(-c5ccc(C(=O)Nc6ccc(N7CCOCC7)cc6)cc5)[nH]c4c3)cc2)CC1. The molecule has 2 saturated heterocycles. The molecular weight excluding hydrogens is 576 g/mol. The highest BCUT2D eigenvalue weighted by molar-refractivity contribution is 6.04. The Labute approximate surface area is 268 Å². The molecule has 0 unspecified atom stereocenters. The second-order valence-electron chi connectivity index (χ2n) is 12.1. The van der Waals surface area contributed by atoms with E-state index in [9.17, 15) is 9.59 Å². The molecule has 46 heavy (non-hydrogen) atoms. The van der Waals surface area contributed by atoms with E-state index < -0.39 is 0 Å². The molecule has 9 nitrogen and oxygen atoms in total. The number of carbonyl (C=O) groups is 2. The Kier molecular flexibility index (Phi) is 8.50. The fourth-order valence-electron chi connectivity index (χ4n) is 6.07. The number of H-pyrrole nitrogens is 1. The topological polar surface area (TPSA) is 93.8 Å². The molecule has 7 rings (SSSR count). The molecule has 0 bridgehead atoms. The zero-order chi connectivity index (χ0) is 31.5. The number of Topliss-reactive ketones (excluding diaryl/α,β-unsaturated/α-hetero) is 1. The van der Waals surface area contributed by atoms with Crippen LogP contribution in [0.2, 0.25) is 0 Å². The van der Waals surface area contributed by atoms with Gasteiger partial charge in [-0.1, -0.05) is 18.2 Å². The molecule has 0 saturated carbocycles. The molecule has 3 heterocycles. The van der Waals surface area contributed by atoms with Crippen molar-refractivity contribution < 1.29 is 14.3 Å². The summed E-state index contributed by atoms with van der Waals surface area (Å²) in [7, 11) is 2.15. The van der Waals surface area contributed by atoms with E-state index in [-0.39, 0.29) is 11.7 Å². The fourth-order valence-corrected chi connectivity index (χ4v) is 6.07. The highest BCUT2D eigenvalue weighted by atomic mass is 16.5. The normalized spacial score (nSPS) is 15.7. The molecule has 2 aliphatic rings. The number of aromatic amines is 1. The first-order valence-corrected chi connectivity index (χ1v) is 15.9. The van der Waals surface area contributed by atoms with Crippen molar-refractivity contribution >= 4 is 39.8 Å². The summed E-state index contributed by atoms with van der Waals surface area (Å²) in [6.45, 7) is 7.31. The minimum absolute atomic E-state index is 0.0888. The van der Waals surface area contributed by atoms with Crippen molar-refractivity contribution in [3.63, 3.8) is 0 Å². The summed E-state index contributed by atoms with van der Waals surface area (Å²) in [5.74, 6) is 0.633. The lowest BCUT2D eigenvalue weighted by Gasteiger charge is -2.34. The number of rotatable bonds is 8. The molecule has 2 fully saturated rings. The smallest absolute Gasteiger partial charge is 0.255 e. The summed E-state index contributed by atoms with van der Waals surface area (Å²) in [6.07, 6.45) is 0.317. The number of imidazole rings is 1. The van der Waals surface area contributed by atoms with Gasteiger partial charge in [-0.15, -0.1) is 0 Å². The number of carbonyl (C=O) groups excluding carboxylic acids is 2. The van der Waals surface area contributed by atoms with E-state index in [1.165, 1.54) is 5.69 Å². The molecule has 1 aromatic heterocycles. The van der Waals surface area contributed by atoms with E-state index in [1.54, 1.807) is 12.1 Å². The molecule has 2 aliphatic heterocycles. The summed E-state index contributed by atoms with van der Waals surface area (Å²) >= 11 is 0. The van der Waals surface area contributed by atoms with Crippen LogP contribution in [-0.4, -0.2) is 86.1 Å². The third-order valence-corrected chi connectivity index (χ3v) is 8.89. The third-order valence-electron chi connectivity index (χ3n) is 8.89. The Balaban J connectivity index is 0.971. The Morgan fingerprint density at radius 3 is 2.09 bits per heavy atom. The summed E-state index contributed by atoms with van der Waals surface area (Å²) in [6, 6.07) is 29.2. The van der Waals surface area contributed by atoms with Crippen molar-refractivity contribution in [2.24, 2.45) is 0 Å². The van der Waals surface area contributed by atoms with Gasteiger partial charge >= 0.3 is 0 Å². The van der Waals surface area contributed by atoms with Crippen LogP contribution in [0.25, 0.3) is 22.4 Å². The van der Waals surface area contributed by atoms with Crippen LogP contribution in [0.15, 0.2) is 91.0 Å². The number of piperazine rings is 1. The van der Waals surface area contributed by atoms with Crippen LogP contribution < -0.4 is 15.1 Å². The molecule has 5 aromatic rings. The van der Waals surface area contributed by atoms with Crippen LogP contribution in [0.3, 0.4) is 0 Å². The van der Waals surface area contributed by atoms with Gasteiger partial charge in [0.15, 0.2) is 5.78 Å². The zero-order valence-electron chi connectivity index (χ0n) is 26.0. The summed E-state index contributed by atoms with van der Waals surface area (Å²) in [5.41, 5.74) is 7.83. The molecule has 0 spiro atoms. The minimum atomic E-state index is -0.168. The lowest BCUT2D eigenvalue weighted by atomic mass is 10.0. The Hall–Kier alpha value is -4.99. The van der Waals surface area contributed by atoms with Gasteiger partial charge in [0.1, 0.15) is 5.82 Å². The molecule has 9 heteroatoms. The number of aromatic nitrogens is 2. The van der Waals surface area contributed by atoms with Crippen LogP contribution in [0.5, 0.6) is 0 Å². The molecule has 4 aromatic carbocycles. The van der Waals surface area contributed by atoms with Crippen molar-refractivity contribution in [3.05, 3.63) is 108 Å². The lowest BCUT2D eigenvalue weighted by Crippen LogP contribution is -2.44. The van der Waals surface area contributed by atoms with Gasteiger partial charge in [0.2, 0.25) is 0 Å². The van der Waals surface area contributed by atoms with Gasteiger partial charge in [0.05, 0.1) is 24.2 Å². The second kappa shape index (κ2) is 13.2. The lowest BCUT2D eigenvalue weighted by molar-refractivity contribution is 0.0991. The number of nitrogens with zero attached hydrogens (tertiary/aromatic N) is 4. The maximum Gasteiger partial charge on any atom is 0.255 e. The monoisotopic (exact) mass is 614 g/mol. The van der Waals surface area contributed by atoms with Gasteiger partial charge in [-0.05, 0) is 85.4 Å². The van der Waals surface area contributed by atoms with Gasteiger partial charge in [-0.3, -0.25) is 9.59 Å². The zero-order valence-corrected chi connectivity index (χ0v) is 26.0. The van der Waals surface area contributed by atoms with E-state index in [2.05, 4.69) is 44.2 Å².